The summed E-state index contributed by atoms with van der Waals surface area (Å²) in [6, 6.07) is 16.1. The van der Waals surface area contributed by atoms with Crippen molar-refractivity contribution >= 4 is 34.9 Å². The van der Waals surface area contributed by atoms with Gasteiger partial charge in [-0.1, -0.05) is 72.8 Å². The number of carbonyl (C=O) groups is 1. The van der Waals surface area contributed by atoms with Crippen LogP contribution in [-0.2, 0) is 0 Å². The van der Waals surface area contributed by atoms with E-state index in [9.17, 15) is 4.79 Å². The third kappa shape index (κ3) is 6.38. The summed E-state index contributed by atoms with van der Waals surface area (Å²) in [6.07, 6.45) is 6.82. The number of nitrogens with zero attached hydrogens (tertiary/aromatic N) is 2. The predicted molar refractivity (Wildman–Crippen MR) is 133 cm³/mol. The van der Waals surface area contributed by atoms with Crippen molar-refractivity contribution in [1.82, 2.24) is 15.1 Å². The maximum atomic E-state index is 12.6. The highest BCUT2D eigenvalue weighted by Crippen LogP contribution is 2.27. The Morgan fingerprint density at radius 1 is 0.938 bits per heavy atom. The molecule has 0 aromatic heterocycles. The Morgan fingerprint density at radius 2 is 1.59 bits per heavy atom. The Bertz CT molecular complexity index is 861. The molecule has 1 aliphatic carbocycles. The maximum absolute atomic E-state index is 12.6. The molecule has 0 spiro atoms. The van der Waals surface area contributed by atoms with E-state index in [2.05, 4.69) is 44.7 Å². The fourth-order valence-electron chi connectivity index (χ4n) is 4.98. The van der Waals surface area contributed by atoms with Gasteiger partial charge in [0.25, 0.3) is 0 Å². The first-order valence-electron chi connectivity index (χ1n) is 11.6. The smallest absolute Gasteiger partial charge is 0.319 e. The molecule has 2 aromatic rings. The number of hydrogen-bond donors (Lipinski definition) is 2. The van der Waals surface area contributed by atoms with Crippen LogP contribution in [0.2, 0.25) is 10.0 Å². The number of benzene rings is 2. The Kier molecular flexibility index (Phi) is 8.31. The molecular weight excluding hydrogens is 443 g/mol. The number of rotatable bonds is 6. The van der Waals surface area contributed by atoms with Crippen molar-refractivity contribution in [2.24, 2.45) is 0 Å². The molecule has 32 heavy (non-hydrogen) atoms. The molecular formula is C25H32Cl2N4O. The zero-order valence-corrected chi connectivity index (χ0v) is 19.9. The van der Waals surface area contributed by atoms with Crippen LogP contribution in [0.3, 0.4) is 0 Å². The van der Waals surface area contributed by atoms with Gasteiger partial charge in [-0.3, -0.25) is 9.80 Å². The lowest BCUT2D eigenvalue weighted by Gasteiger charge is -2.43. The van der Waals surface area contributed by atoms with Gasteiger partial charge in [-0.25, -0.2) is 4.79 Å². The molecule has 2 aliphatic rings. The first-order valence-corrected chi connectivity index (χ1v) is 12.4. The summed E-state index contributed by atoms with van der Waals surface area (Å²) in [5.41, 5.74) is 1.81. The van der Waals surface area contributed by atoms with Gasteiger partial charge in [0.15, 0.2) is 0 Å². The summed E-state index contributed by atoms with van der Waals surface area (Å²) in [4.78, 5) is 17.8. The van der Waals surface area contributed by atoms with Crippen LogP contribution in [0.15, 0.2) is 48.5 Å². The van der Waals surface area contributed by atoms with Crippen LogP contribution in [0, 0.1) is 0 Å². The normalized spacial score (nSPS) is 19.4. The van der Waals surface area contributed by atoms with Gasteiger partial charge in [0.1, 0.15) is 0 Å². The van der Waals surface area contributed by atoms with Crippen LogP contribution in [0.4, 0.5) is 10.5 Å². The van der Waals surface area contributed by atoms with Gasteiger partial charge < -0.3 is 10.6 Å². The van der Waals surface area contributed by atoms with E-state index in [0.717, 1.165) is 32.2 Å². The monoisotopic (exact) mass is 474 g/mol. The van der Waals surface area contributed by atoms with Crippen molar-refractivity contribution in [2.45, 2.75) is 44.2 Å². The highest BCUT2D eigenvalue weighted by Gasteiger charge is 2.29. The molecule has 7 heteroatoms. The number of hydrogen-bond acceptors (Lipinski definition) is 3. The molecule has 1 heterocycles. The van der Waals surface area contributed by atoms with Crippen LogP contribution in [0.5, 0.6) is 0 Å². The SMILES string of the molecule is O=C(NCC(c1ccccc1)N1CCN(C2CCCCC2)CC1)Nc1cc(Cl)cc(Cl)c1. The highest BCUT2D eigenvalue weighted by atomic mass is 35.5. The van der Waals surface area contributed by atoms with E-state index in [4.69, 9.17) is 23.2 Å². The van der Waals surface area contributed by atoms with Gasteiger partial charge in [0.05, 0.1) is 6.04 Å². The number of halogens is 2. The quantitative estimate of drug-likeness (QED) is 0.555. The standard InChI is InChI=1S/C25H32Cl2N4O/c26-20-15-21(27)17-22(16-20)29-25(32)28-18-24(19-7-3-1-4-8-19)31-13-11-30(12-14-31)23-9-5-2-6-10-23/h1,3-4,7-8,15-17,23-24H,2,5-6,9-14,18H2,(H2,28,29,32). The predicted octanol–water partition coefficient (Wildman–Crippen LogP) is 5.81. The van der Waals surface area contributed by atoms with E-state index in [1.54, 1.807) is 18.2 Å². The van der Waals surface area contributed by atoms with Crippen molar-refractivity contribution in [3.63, 3.8) is 0 Å². The van der Waals surface area contributed by atoms with Crippen molar-refractivity contribution < 1.29 is 4.79 Å². The van der Waals surface area contributed by atoms with E-state index < -0.39 is 0 Å². The lowest BCUT2D eigenvalue weighted by Crippen LogP contribution is -2.53. The number of urea groups is 1. The van der Waals surface area contributed by atoms with E-state index in [0.29, 0.717) is 22.3 Å². The molecule has 4 rings (SSSR count). The minimum atomic E-state index is -0.259. The molecule has 2 aromatic carbocycles. The van der Waals surface area contributed by atoms with E-state index in [1.807, 2.05) is 6.07 Å². The van der Waals surface area contributed by atoms with Crippen molar-refractivity contribution in [2.75, 3.05) is 38.0 Å². The molecule has 172 valence electrons. The lowest BCUT2D eigenvalue weighted by molar-refractivity contribution is 0.0565. The van der Waals surface area contributed by atoms with Crippen LogP contribution in [0.1, 0.15) is 43.7 Å². The van der Waals surface area contributed by atoms with Crippen LogP contribution in [-0.4, -0.2) is 54.6 Å². The summed E-state index contributed by atoms with van der Waals surface area (Å²) >= 11 is 12.1. The average molecular weight is 475 g/mol. The zero-order chi connectivity index (χ0) is 22.3. The van der Waals surface area contributed by atoms with Gasteiger partial charge in [-0.2, -0.15) is 0 Å². The van der Waals surface area contributed by atoms with Gasteiger partial charge in [0, 0.05) is 54.5 Å². The molecule has 0 bridgehead atoms. The molecule has 1 aliphatic heterocycles. The van der Waals surface area contributed by atoms with Crippen molar-refractivity contribution in [3.8, 4) is 0 Å². The number of amides is 2. The number of piperazine rings is 1. The Morgan fingerprint density at radius 3 is 2.25 bits per heavy atom. The van der Waals surface area contributed by atoms with E-state index in [1.165, 1.54) is 37.7 Å². The highest BCUT2D eigenvalue weighted by molar-refractivity contribution is 6.35. The summed E-state index contributed by atoms with van der Waals surface area (Å²) in [5.74, 6) is 0. The van der Waals surface area contributed by atoms with E-state index in [-0.39, 0.29) is 12.1 Å². The van der Waals surface area contributed by atoms with Crippen molar-refractivity contribution in [3.05, 3.63) is 64.1 Å². The fourth-order valence-corrected chi connectivity index (χ4v) is 5.51. The van der Waals surface area contributed by atoms with Gasteiger partial charge in [0.2, 0.25) is 0 Å². The summed E-state index contributed by atoms with van der Waals surface area (Å²) in [6.45, 7) is 4.77. The maximum Gasteiger partial charge on any atom is 0.319 e. The summed E-state index contributed by atoms with van der Waals surface area (Å²) < 4.78 is 0. The topological polar surface area (TPSA) is 47.6 Å². The lowest BCUT2D eigenvalue weighted by atomic mass is 9.93. The first kappa shape index (κ1) is 23.4. The minimum Gasteiger partial charge on any atom is -0.336 e. The number of carbonyl (C=O) groups excluding carboxylic acids is 1. The molecule has 5 nitrogen and oxygen atoms in total. The van der Waals surface area contributed by atoms with Gasteiger partial charge in [-0.05, 0) is 36.6 Å². The Labute approximate surface area is 201 Å². The second-order valence-electron chi connectivity index (χ2n) is 8.78. The molecule has 2 amide bonds. The molecule has 1 unspecified atom stereocenters. The molecule has 0 radical (unpaired) electrons. The second kappa shape index (κ2) is 11.4. The van der Waals surface area contributed by atoms with Crippen LogP contribution in [0.25, 0.3) is 0 Å². The van der Waals surface area contributed by atoms with Crippen LogP contribution < -0.4 is 10.6 Å². The number of nitrogens with one attached hydrogen (secondary N) is 2. The molecule has 2 fully saturated rings. The third-order valence-electron chi connectivity index (χ3n) is 6.64. The molecule has 1 saturated carbocycles. The fraction of sp³-hybridized carbons (Fsp3) is 0.480. The van der Waals surface area contributed by atoms with Gasteiger partial charge in [-0.15, -0.1) is 0 Å². The Hall–Kier alpha value is -1.79. The largest absolute Gasteiger partial charge is 0.336 e. The first-order chi connectivity index (χ1) is 15.6. The van der Waals surface area contributed by atoms with Crippen molar-refractivity contribution in [1.29, 1.82) is 0 Å². The summed E-state index contributed by atoms with van der Waals surface area (Å²) in [7, 11) is 0. The van der Waals surface area contributed by atoms with Gasteiger partial charge >= 0.3 is 6.03 Å². The second-order valence-corrected chi connectivity index (χ2v) is 9.66. The average Bonchev–Trinajstić information content (AvgIpc) is 2.80. The molecule has 1 atom stereocenters. The molecule has 2 N–H and O–H groups in total. The van der Waals surface area contributed by atoms with Crippen LogP contribution >= 0.6 is 23.2 Å². The zero-order valence-electron chi connectivity index (χ0n) is 18.4. The Balaban J connectivity index is 1.36. The van der Waals surface area contributed by atoms with E-state index >= 15 is 0 Å². The number of anilines is 1. The summed E-state index contributed by atoms with van der Waals surface area (Å²) in [5, 5.41) is 6.87. The minimum absolute atomic E-state index is 0.137. The third-order valence-corrected chi connectivity index (χ3v) is 7.08. The molecule has 1 saturated heterocycles.